The molecule has 0 aliphatic carbocycles. The lowest BCUT2D eigenvalue weighted by Gasteiger charge is -2.35. The zero-order valence-electron chi connectivity index (χ0n) is 13.5. The summed E-state index contributed by atoms with van der Waals surface area (Å²) >= 11 is 0. The fraction of sp³-hybridized carbons (Fsp3) is 0.733. The van der Waals surface area contributed by atoms with Crippen molar-refractivity contribution in [1.82, 2.24) is 18.8 Å². The van der Waals surface area contributed by atoms with E-state index in [1.54, 1.807) is 26.3 Å². The van der Waals surface area contributed by atoms with Crippen LogP contribution in [0, 0.1) is 0 Å². The predicted molar refractivity (Wildman–Crippen MR) is 86.5 cm³/mol. The molecular formula is C15H24N4O3S. The van der Waals surface area contributed by atoms with Crippen LogP contribution >= 0.6 is 0 Å². The van der Waals surface area contributed by atoms with E-state index in [4.69, 9.17) is 0 Å². The van der Waals surface area contributed by atoms with Crippen molar-refractivity contribution in [3.63, 3.8) is 0 Å². The lowest BCUT2D eigenvalue weighted by atomic mass is 10.1. The zero-order chi connectivity index (χ0) is 16.4. The highest BCUT2D eigenvalue weighted by atomic mass is 32.2. The van der Waals surface area contributed by atoms with E-state index in [1.165, 1.54) is 0 Å². The molecule has 0 saturated carbocycles. The molecule has 1 aromatic heterocycles. The predicted octanol–water partition coefficient (Wildman–Crippen LogP) is 0.840. The minimum atomic E-state index is -3.22. The lowest BCUT2D eigenvalue weighted by Crippen LogP contribution is -2.48. The van der Waals surface area contributed by atoms with Crippen LogP contribution in [0.5, 0.6) is 0 Å². The maximum Gasteiger partial charge on any atom is 0.274 e. The van der Waals surface area contributed by atoms with Gasteiger partial charge in [0.05, 0.1) is 11.6 Å². The van der Waals surface area contributed by atoms with E-state index in [-0.39, 0.29) is 11.2 Å². The second kappa shape index (κ2) is 6.60. The van der Waals surface area contributed by atoms with E-state index in [0.29, 0.717) is 44.7 Å². The third kappa shape index (κ3) is 3.42. The summed E-state index contributed by atoms with van der Waals surface area (Å²) in [4.78, 5) is 18.2. The number of aryl methyl sites for hydroxylation is 1. The Morgan fingerprint density at radius 3 is 2.35 bits per heavy atom. The number of rotatable bonds is 3. The molecule has 0 atom stereocenters. The first-order chi connectivity index (χ1) is 11.0. The van der Waals surface area contributed by atoms with Gasteiger partial charge in [-0.1, -0.05) is 6.42 Å². The smallest absolute Gasteiger partial charge is 0.274 e. The van der Waals surface area contributed by atoms with Gasteiger partial charge in [0.1, 0.15) is 5.69 Å². The number of hydrogen-bond acceptors (Lipinski definition) is 4. The number of nitrogens with zero attached hydrogens (tertiary/aromatic N) is 4. The molecule has 0 unspecified atom stereocenters. The Morgan fingerprint density at radius 2 is 1.78 bits per heavy atom. The minimum absolute atomic E-state index is 0.112. The Morgan fingerprint density at radius 1 is 1.13 bits per heavy atom. The largest absolute Gasteiger partial charge is 0.340 e. The van der Waals surface area contributed by atoms with Crippen molar-refractivity contribution in [2.75, 3.05) is 26.2 Å². The van der Waals surface area contributed by atoms with Gasteiger partial charge in [-0.3, -0.25) is 4.79 Å². The van der Waals surface area contributed by atoms with Crippen LogP contribution in [0.1, 0.15) is 42.6 Å². The molecule has 2 fully saturated rings. The van der Waals surface area contributed by atoms with Gasteiger partial charge < -0.3 is 9.47 Å². The van der Waals surface area contributed by atoms with E-state index < -0.39 is 10.0 Å². The van der Waals surface area contributed by atoms with Gasteiger partial charge in [-0.2, -0.15) is 0 Å². The molecule has 7 nitrogen and oxygen atoms in total. The summed E-state index contributed by atoms with van der Waals surface area (Å²) in [5, 5.41) is -0.353. The lowest BCUT2D eigenvalue weighted by molar-refractivity contribution is 0.0719. The number of amides is 1. The number of imidazole rings is 1. The summed E-state index contributed by atoms with van der Waals surface area (Å²) in [7, 11) is -1.40. The normalized spacial score (nSPS) is 21.5. The van der Waals surface area contributed by atoms with Crippen LogP contribution in [0.3, 0.4) is 0 Å². The van der Waals surface area contributed by atoms with Gasteiger partial charge in [0.25, 0.3) is 5.91 Å². The van der Waals surface area contributed by atoms with E-state index in [0.717, 1.165) is 19.3 Å². The SMILES string of the molecule is Cn1cnc(C(=O)N2CCC(S(=O)(=O)N3CCCCC3)CC2)c1. The van der Waals surface area contributed by atoms with Gasteiger partial charge in [-0.05, 0) is 25.7 Å². The molecule has 0 radical (unpaired) electrons. The molecule has 2 aliphatic rings. The molecule has 1 aromatic rings. The highest BCUT2D eigenvalue weighted by Gasteiger charge is 2.36. The summed E-state index contributed by atoms with van der Waals surface area (Å²) in [6, 6.07) is 0. The first kappa shape index (κ1) is 16.4. The molecule has 2 saturated heterocycles. The quantitative estimate of drug-likeness (QED) is 0.817. The number of carbonyl (C=O) groups excluding carboxylic acids is 1. The van der Waals surface area contributed by atoms with Gasteiger partial charge in [-0.15, -0.1) is 0 Å². The Bertz CT molecular complexity index is 656. The molecule has 0 aromatic carbocycles. The Balaban J connectivity index is 1.60. The second-order valence-electron chi connectivity index (χ2n) is 6.42. The van der Waals surface area contributed by atoms with Crippen molar-refractivity contribution < 1.29 is 13.2 Å². The van der Waals surface area contributed by atoms with Crippen molar-refractivity contribution in [1.29, 1.82) is 0 Å². The van der Waals surface area contributed by atoms with Crippen molar-refractivity contribution >= 4 is 15.9 Å². The Kier molecular flexibility index (Phi) is 4.72. The van der Waals surface area contributed by atoms with Crippen LogP contribution in [-0.2, 0) is 17.1 Å². The fourth-order valence-corrected chi connectivity index (χ4v) is 5.37. The van der Waals surface area contributed by atoms with E-state index in [9.17, 15) is 13.2 Å². The monoisotopic (exact) mass is 340 g/mol. The minimum Gasteiger partial charge on any atom is -0.340 e. The van der Waals surface area contributed by atoms with Crippen LogP contribution in [0.25, 0.3) is 0 Å². The number of aromatic nitrogens is 2. The van der Waals surface area contributed by atoms with Crippen molar-refractivity contribution in [3.8, 4) is 0 Å². The second-order valence-corrected chi connectivity index (χ2v) is 8.63. The summed E-state index contributed by atoms with van der Waals surface area (Å²) in [5.74, 6) is -0.112. The van der Waals surface area contributed by atoms with Gasteiger partial charge in [0.15, 0.2) is 0 Å². The third-order valence-corrected chi connectivity index (χ3v) is 7.15. The van der Waals surface area contributed by atoms with Crippen molar-refractivity contribution in [2.45, 2.75) is 37.4 Å². The highest BCUT2D eigenvalue weighted by Crippen LogP contribution is 2.24. The van der Waals surface area contributed by atoms with Crippen molar-refractivity contribution in [2.24, 2.45) is 7.05 Å². The number of hydrogen-bond donors (Lipinski definition) is 0. The molecule has 0 spiro atoms. The summed E-state index contributed by atoms with van der Waals surface area (Å²) in [5.41, 5.74) is 0.421. The molecule has 8 heteroatoms. The van der Waals surface area contributed by atoms with Gasteiger partial charge >= 0.3 is 0 Å². The average molecular weight is 340 g/mol. The van der Waals surface area contributed by atoms with Crippen LogP contribution in [0.2, 0.25) is 0 Å². The van der Waals surface area contributed by atoms with Gasteiger partial charge in [0.2, 0.25) is 10.0 Å². The number of carbonyl (C=O) groups is 1. The summed E-state index contributed by atoms with van der Waals surface area (Å²) < 4.78 is 28.8. The Labute approximate surface area is 137 Å². The number of likely N-dealkylation sites (tertiary alicyclic amines) is 1. The summed E-state index contributed by atoms with van der Waals surface area (Å²) in [6.07, 6.45) is 7.34. The van der Waals surface area contributed by atoms with Gasteiger partial charge in [0, 0.05) is 39.4 Å². The fourth-order valence-electron chi connectivity index (χ4n) is 3.37. The maximum absolute atomic E-state index is 12.7. The standard InChI is InChI=1S/C15H24N4O3S/c1-17-11-14(16-12-17)15(20)18-9-5-13(6-10-18)23(21,22)19-7-3-2-4-8-19/h11-13H,2-10H2,1H3. The van der Waals surface area contributed by atoms with Gasteiger partial charge in [-0.25, -0.2) is 17.7 Å². The molecule has 128 valence electrons. The molecule has 0 bridgehead atoms. The zero-order valence-corrected chi connectivity index (χ0v) is 14.3. The van der Waals surface area contributed by atoms with E-state index >= 15 is 0 Å². The highest BCUT2D eigenvalue weighted by molar-refractivity contribution is 7.89. The van der Waals surface area contributed by atoms with Crippen LogP contribution in [0.15, 0.2) is 12.5 Å². The first-order valence-electron chi connectivity index (χ1n) is 8.24. The summed E-state index contributed by atoms with van der Waals surface area (Å²) in [6.45, 7) is 2.26. The van der Waals surface area contributed by atoms with Crippen LogP contribution in [0.4, 0.5) is 0 Å². The number of sulfonamides is 1. The third-order valence-electron chi connectivity index (χ3n) is 4.75. The molecule has 3 rings (SSSR count). The molecule has 3 heterocycles. The first-order valence-corrected chi connectivity index (χ1v) is 9.75. The Hall–Kier alpha value is -1.41. The maximum atomic E-state index is 12.7. The van der Waals surface area contributed by atoms with Crippen LogP contribution in [-0.4, -0.2) is 64.5 Å². The van der Waals surface area contributed by atoms with Crippen LogP contribution < -0.4 is 0 Å². The molecule has 23 heavy (non-hydrogen) atoms. The van der Waals surface area contributed by atoms with Crippen molar-refractivity contribution in [3.05, 3.63) is 18.2 Å². The van der Waals surface area contributed by atoms with E-state index in [1.807, 2.05) is 7.05 Å². The van der Waals surface area contributed by atoms with E-state index in [2.05, 4.69) is 4.98 Å². The molecular weight excluding hydrogens is 316 g/mol. The number of piperidine rings is 2. The molecule has 1 amide bonds. The molecule has 2 aliphatic heterocycles. The molecule has 0 N–H and O–H groups in total. The topological polar surface area (TPSA) is 75.5 Å². The average Bonchev–Trinajstić information content (AvgIpc) is 3.01.